The molecule has 0 aromatic carbocycles. The third-order valence-electron chi connectivity index (χ3n) is 3.21. The van der Waals surface area contributed by atoms with Gasteiger partial charge in [0.1, 0.15) is 0 Å². The molecule has 0 saturated heterocycles. The van der Waals surface area contributed by atoms with Crippen molar-refractivity contribution >= 4 is 33.6 Å². The molecule has 1 aromatic rings. The first-order valence-corrected chi connectivity index (χ1v) is 8.22. The highest BCUT2D eigenvalue weighted by Gasteiger charge is 2.25. The molecule has 0 saturated carbocycles. The van der Waals surface area contributed by atoms with Crippen LogP contribution in [-0.2, 0) is 17.8 Å². The fourth-order valence-electron chi connectivity index (χ4n) is 2.22. The molecular weight excluding hydrogens is 312 g/mol. The molecule has 3 nitrogen and oxygen atoms in total. The van der Waals surface area contributed by atoms with Gasteiger partial charge in [-0.2, -0.15) is 11.8 Å². The highest BCUT2D eigenvalue weighted by molar-refractivity contribution is 9.10. The summed E-state index contributed by atoms with van der Waals surface area (Å²) < 4.78 is 1.06. The molecule has 0 spiro atoms. The molecule has 18 heavy (non-hydrogen) atoms. The number of carbonyl (C=O) groups is 1. The number of hydrogen-bond acceptors (Lipinski definition) is 3. The SMILES string of the molecule is CSCC(C)C(=O)N1CCc2nccc(Br)c2C1. The third kappa shape index (κ3) is 2.88. The zero-order chi connectivity index (χ0) is 13.1. The summed E-state index contributed by atoms with van der Waals surface area (Å²) >= 11 is 5.27. The van der Waals surface area contributed by atoms with E-state index in [0.717, 1.165) is 34.4 Å². The number of thioether (sulfide) groups is 1. The van der Waals surface area contributed by atoms with Gasteiger partial charge in [0.2, 0.25) is 5.91 Å². The van der Waals surface area contributed by atoms with Crippen molar-refractivity contribution in [3.8, 4) is 0 Å². The van der Waals surface area contributed by atoms with E-state index in [0.29, 0.717) is 6.54 Å². The summed E-state index contributed by atoms with van der Waals surface area (Å²) in [5, 5.41) is 0. The zero-order valence-corrected chi connectivity index (χ0v) is 13.1. The van der Waals surface area contributed by atoms with Crippen molar-refractivity contribution in [2.24, 2.45) is 5.92 Å². The van der Waals surface area contributed by atoms with Crippen LogP contribution in [0.15, 0.2) is 16.7 Å². The van der Waals surface area contributed by atoms with Crippen molar-refractivity contribution in [3.63, 3.8) is 0 Å². The molecule has 2 rings (SSSR count). The number of hydrogen-bond donors (Lipinski definition) is 0. The van der Waals surface area contributed by atoms with Crippen molar-refractivity contribution in [1.29, 1.82) is 0 Å². The zero-order valence-electron chi connectivity index (χ0n) is 10.6. The summed E-state index contributed by atoms with van der Waals surface area (Å²) in [7, 11) is 0. The minimum Gasteiger partial charge on any atom is -0.338 e. The van der Waals surface area contributed by atoms with Crippen LogP contribution in [0.25, 0.3) is 0 Å². The van der Waals surface area contributed by atoms with Gasteiger partial charge in [-0.05, 0) is 12.3 Å². The van der Waals surface area contributed by atoms with E-state index in [4.69, 9.17) is 0 Å². The van der Waals surface area contributed by atoms with Gasteiger partial charge in [0.25, 0.3) is 0 Å². The van der Waals surface area contributed by atoms with Crippen LogP contribution in [0, 0.1) is 5.92 Å². The summed E-state index contributed by atoms with van der Waals surface area (Å²) in [5.74, 6) is 1.24. The van der Waals surface area contributed by atoms with E-state index in [1.54, 1.807) is 11.8 Å². The summed E-state index contributed by atoms with van der Waals surface area (Å²) in [6.45, 7) is 3.47. The van der Waals surface area contributed by atoms with Crippen LogP contribution in [-0.4, -0.2) is 34.3 Å². The van der Waals surface area contributed by atoms with Crippen molar-refractivity contribution < 1.29 is 4.79 Å². The van der Waals surface area contributed by atoms with Crippen molar-refractivity contribution in [3.05, 3.63) is 28.0 Å². The van der Waals surface area contributed by atoms with Crippen LogP contribution in [0.3, 0.4) is 0 Å². The lowest BCUT2D eigenvalue weighted by Crippen LogP contribution is -2.40. The fourth-order valence-corrected chi connectivity index (χ4v) is 3.34. The smallest absolute Gasteiger partial charge is 0.226 e. The molecule has 0 bridgehead atoms. The maximum Gasteiger partial charge on any atom is 0.226 e. The van der Waals surface area contributed by atoms with E-state index in [1.165, 1.54) is 0 Å². The van der Waals surface area contributed by atoms with E-state index >= 15 is 0 Å². The van der Waals surface area contributed by atoms with E-state index in [9.17, 15) is 4.79 Å². The molecule has 1 aliphatic heterocycles. The number of fused-ring (bicyclic) bond motifs is 1. The average molecular weight is 329 g/mol. The summed E-state index contributed by atoms with van der Waals surface area (Å²) in [6.07, 6.45) is 4.71. The second-order valence-corrected chi connectivity index (χ2v) is 6.35. The standard InChI is InChI=1S/C13H17BrN2OS/c1-9(8-18-2)13(17)16-6-4-12-10(7-16)11(14)3-5-15-12/h3,5,9H,4,6-8H2,1-2H3. The van der Waals surface area contributed by atoms with Crippen molar-refractivity contribution in [2.75, 3.05) is 18.6 Å². The van der Waals surface area contributed by atoms with Crippen LogP contribution in [0.4, 0.5) is 0 Å². The number of pyridine rings is 1. The quantitative estimate of drug-likeness (QED) is 0.855. The van der Waals surface area contributed by atoms with Gasteiger partial charge in [-0.1, -0.05) is 22.9 Å². The largest absolute Gasteiger partial charge is 0.338 e. The first-order valence-electron chi connectivity index (χ1n) is 6.03. The molecule has 1 amide bonds. The van der Waals surface area contributed by atoms with Gasteiger partial charge < -0.3 is 4.90 Å². The van der Waals surface area contributed by atoms with Gasteiger partial charge in [0.05, 0.1) is 0 Å². The molecule has 2 heterocycles. The second kappa shape index (κ2) is 6.06. The second-order valence-electron chi connectivity index (χ2n) is 4.58. The molecule has 0 aliphatic carbocycles. The number of aromatic nitrogens is 1. The van der Waals surface area contributed by atoms with E-state index in [-0.39, 0.29) is 11.8 Å². The normalized spacial score (nSPS) is 16.3. The van der Waals surface area contributed by atoms with Gasteiger partial charge in [-0.15, -0.1) is 0 Å². The van der Waals surface area contributed by atoms with Crippen LogP contribution in [0.5, 0.6) is 0 Å². The predicted octanol–water partition coefficient (Wildman–Crippen LogP) is 2.73. The lowest BCUT2D eigenvalue weighted by Gasteiger charge is -2.30. The van der Waals surface area contributed by atoms with Crippen molar-refractivity contribution in [2.45, 2.75) is 19.9 Å². The number of halogens is 1. The molecule has 1 atom stereocenters. The predicted molar refractivity (Wildman–Crippen MR) is 78.6 cm³/mol. The Balaban J connectivity index is 2.12. The van der Waals surface area contributed by atoms with Gasteiger partial charge in [-0.25, -0.2) is 0 Å². The van der Waals surface area contributed by atoms with E-state index in [2.05, 4.69) is 20.9 Å². The molecule has 1 unspecified atom stereocenters. The highest BCUT2D eigenvalue weighted by atomic mass is 79.9. The maximum absolute atomic E-state index is 12.3. The summed E-state index contributed by atoms with van der Waals surface area (Å²) in [5.41, 5.74) is 2.28. The molecule has 98 valence electrons. The fraction of sp³-hybridized carbons (Fsp3) is 0.538. The van der Waals surface area contributed by atoms with Crippen LogP contribution in [0.1, 0.15) is 18.2 Å². The summed E-state index contributed by atoms with van der Waals surface area (Å²) in [6, 6.07) is 1.94. The Morgan fingerprint density at radius 3 is 3.17 bits per heavy atom. The summed E-state index contributed by atoms with van der Waals surface area (Å²) in [4.78, 5) is 18.6. The molecule has 0 fully saturated rings. The Labute approximate surface area is 120 Å². The topological polar surface area (TPSA) is 33.2 Å². The van der Waals surface area contributed by atoms with E-state index < -0.39 is 0 Å². The average Bonchev–Trinajstić information content (AvgIpc) is 2.38. The van der Waals surface area contributed by atoms with E-state index in [1.807, 2.05) is 30.3 Å². The minimum atomic E-state index is 0.0944. The molecular formula is C13H17BrN2OS. The molecule has 1 aromatic heterocycles. The van der Waals surface area contributed by atoms with Gasteiger partial charge >= 0.3 is 0 Å². The van der Waals surface area contributed by atoms with Crippen LogP contribution < -0.4 is 0 Å². The Hall–Kier alpha value is -0.550. The van der Waals surface area contributed by atoms with Crippen LogP contribution in [0.2, 0.25) is 0 Å². The molecule has 5 heteroatoms. The first kappa shape index (κ1) is 13.9. The monoisotopic (exact) mass is 328 g/mol. The lowest BCUT2D eigenvalue weighted by atomic mass is 10.0. The van der Waals surface area contributed by atoms with Gasteiger partial charge in [0.15, 0.2) is 0 Å². The Kier molecular flexibility index (Phi) is 4.67. The Bertz CT molecular complexity index is 453. The lowest BCUT2D eigenvalue weighted by molar-refractivity contribution is -0.135. The molecule has 0 radical (unpaired) electrons. The third-order valence-corrected chi connectivity index (χ3v) is 4.78. The number of rotatable bonds is 3. The minimum absolute atomic E-state index is 0.0944. The van der Waals surface area contributed by atoms with Crippen LogP contribution >= 0.6 is 27.7 Å². The van der Waals surface area contributed by atoms with Gasteiger partial charge in [-0.3, -0.25) is 9.78 Å². The van der Waals surface area contributed by atoms with Crippen molar-refractivity contribution in [1.82, 2.24) is 9.88 Å². The molecule has 1 aliphatic rings. The Morgan fingerprint density at radius 1 is 1.67 bits per heavy atom. The number of amides is 1. The number of nitrogens with zero attached hydrogens (tertiary/aromatic N) is 2. The highest BCUT2D eigenvalue weighted by Crippen LogP contribution is 2.25. The maximum atomic E-state index is 12.3. The first-order chi connectivity index (χ1) is 8.63. The molecule has 0 N–H and O–H groups in total. The Morgan fingerprint density at radius 2 is 2.44 bits per heavy atom. The number of carbonyl (C=O) groups excluding carboxylic acids is 1. The van der Waals surface area contributed by atoms with Gasteiger partial charge in [0, 0.05) is 53.1 Å².